The molecule has 0 radical (unpaired) electrons. The molecule has 134 valence electrons. The Labute approximate surface area is 151 Å². The van der Waals surface area contributed by atoms with Gasteiger partial charge in [0.25, 0.3) is 0 Å². The predicted octanol–water partition coefficient (Wildman–Crippen LogP) is 3.91. The van der Waals surface area contributed by atoms with Crippen LogP contribution < -0.4 is 4.74 Å². The van der Waals surface area contributed by atoms with Gasteiger partial charge in [-0.15, -0.1) is 0 Å². The zero-order valence-corrected chi connectivity index (χ0v) is 15.0. The van der Waals surface area contributed by atoms with Gasteiger partial charge in [-0.2, -0.15) is 0 Å². The third-order valence-corrected chi connectivity index (χ3v) is 4.34. The molecule has 0 spiro atoms. The Morgan fingerprint density at radius 3 is 2.35 bits per heavy atom. The van der Waals surface area contributed by atoms with E-state index in [1.807, 2.05) is 26.0 Å². The Balaban J connectivity index is 1.67. The molecule has 0 amide bonds. The third kappa shape index (κ3) is 3.94. The summed E-state index contributed by atoms with van der Waals surface area (Å²) in [6.07, 6.45) is 1.91. The first-order valence-electron chi connectivity index (χ1n) is 8.30. The van der Waals surface area contributed by atoms with E-state index in [1.54, 1.807) is 30.5 Å². The summed E-state index contributed by atoms with van der Waals surface area (Å²) in [4.78, 5) is 23.5. The van der Waals surface area contributed by atoms with E-state index in [9.17, 15) is 9.59 Å². The fraction of sp³-hybridized carbons (Fsp3) is 0.238. The van der Waals surface area contributed by atoms with Crippen molar-refractivity contribution in [3.63, 3.8) is 0 Å². The van der Waals surface area contributed by atoms with Gasteiger partial charge in [0, 0.05) is 10.9 Å². The number of rotatable bonds is 5. The highest BCUT2D eigenvalue weighted by atomic mass is 16.5. The van der Waals surface area contributed by atoms with Crippen LogP contribution in [-0.4, -0.2) is 19.0 Å². The number of carbonyl (C=O) groups is 2. The number of ether oxygens (including phenoxy) is 2. The number of fused-ring (bicyclic) bond motifs is 1. The highest BCUT2D eigenvalue weighted by Crippen LogP contribution is 2.25. The second kappa shape index (κ2) is 7.44. The normalized spacial score (nSPS) is 10.7. The lowest BCUT2D eigenvalue weighted by Gasteiger charge is -2.05. The van der Waals surface area contributed by atoms with Crippen LogP contribution in [0.2, 0.25) is 0 Å². The number of furan rings is 1. The Bertz CT molecular complexity index is 950. The zero-order valence-electron chi connectivity index (χ0n) is 15.0. The lowest BCUT2D eigenvalue weighted by atomic mass is 10.0. The first-order valence-corrected chi connectivity index (χ1v) is 8.30. The molecule has 0 aliphatic heterocycles. The number of hydrogen-bond acceptors (Lipinski definition) is 5. The monoisotopic (exact) mass is 352 g/mol. The molecule has 3 aromatic rings. The molecule has 0 saturated carbocycles. The van der Waals surface area contributed by atoms with Crippen LogP contribution in [0.25, 0.3) is 11.0 Å². The van der Waals surface area contributed by atoms with E-state index in [1.165, 1.54) is 7.11 Å². The van der Waals surface area contributed by atoms with E-state index in [-0.39, 0.29) is 24.8 Å². The van der Waals surface area contributed by atoms with Crippen molar-refractivity contribution in [1.82, 2.24) is 0 Å². The van der Waals surface area contributed by atoms with E-state index in [2.05, 4.69) is 4.74 Å². The number of esters is 2. The Morgan fingerprint density at radius 2 is 1.65 bits per heavy atom. The molecule has 5 nitrogen and oxygen atoms in total. The summed E-state index contributed by atoms with van der Waals surface area (Å²) in [6.45, 7) is 4.05. The lowest BCUT2D eigenvalue weighted by molar-refractivity contribution is -0.139. The number of aryl methyl sites for hydroxylation is 2. The number of carbonyl (C=O) groups excluding carboxylic acids is 2. The van der Waals surface area contributed by atoms with Gasteiger partial charge in [-0.1, -0.05) is 12.1 Å². The van der Waals surface area contributed by atoms with Crippen LogP contribution >= 0.6 is 0 Å². The van der Waals surface area contributed by atoms with Crippen LogP contribution in [0.4, 0.5) is 0 Å². The van der Waals surface area contributed by atoms with Crippen LogP contribution in [0.3, 0.4) is 0 Å². The molecule has 2 aromatic carbocycles. The van der Waals surface area contributed by atoms with Crippen LogP contribution in [-0.2, 0) is 27.2 Å². The molecule has 3 rings (SSSR count). The van der Waals surface area contributed by atoms with E-state index >= 15 is 0 Å². The molecule has 1 heterocycles. The number of hydrogen-bond donors (Lipinski definition) is 0. The largest absolute Gasteiger partial charge is 0.469 e. The predicted molar refractivity (Wildman–Crippen MR) is 97.2 cm³/mol. The van der Waals surface area contributed by atoms with Gasteiger partial charge in [0.1, 0.15) is 11.3 Å². The van der Waals surface area contributed by atoms with Crippen molar-refractivity contribution in [3.05, 3.63) is 64.9 Å². The molecule has 1 aromatic heterocycles. The van der Waals surface area contributed by atoms with Gasteiger partial charge in [0.15, 0.2) is 0 Å². The lowest BCUT2D eigenvalue weighted by Crippen LogP contribution is -2.11. The Kier molecular flexibility index (Phi) is 5.07. The second-order valence-electron chi connectivity index (χ2n) is 6.24. The maximum atomic E-state index is 12.2. The summed E-state index contributed by atoms with van der Waals surface area (Å²) < 4.78 is 15.6. The number of methoxy groups -OCH3 is 1. The minimum atomic E-state index is -0.369. The van der Waals surface area contributed by atoms with Crippen molar-refractivity contribution in [2.45, 2.75) is 26.7 Å². The van der Waals surface area contributed by atoms with Gasteiger partial charge >= 0.3 is 11.9 Å². The molecule has 5 heteroatoms. The molecule has 0 aliphatic carbocycles. The van der Waals surface area contributed by atoms with Crippen molar-refractivity contribution in [1.29, 1.82) is 0 Å². The zero-order chi connectivity index (χ0) is 18.7. The van der Waals surface area contributed by atoms with Gasteiger partial charge < -0.3 is 13.9 Å². The first-order chi connectivity index (χ1) is 12.5. The first kappa shape index (κ1) is 17.7. The summed E-state index contributed by atoms with van der Waals surface area (Å²) >= 11 is 0. The van der Waals surface area contributed by atoms with Crippen LogP contribution in [0, 0.1) is 13.8 Å². The molecule has 0 N–H and O–H groups in total. The van der Waals surface area contributed by atoms with Gasteiger partial charge in [0.2, 0.25) is 0 Å². The fourth-order valence-electron chi connectivity index (χ4n) is 2.71. The summed E-state index contributed by atoms with van der Waals surface area (Å²) in [5, 5.41) is 0.929. The molecule has 0 fully saturated rings. The maximum Gasteiger partial charge on any atom is 0.315 e. The number of benzene rings is 2. The van der Waals surface area contributed by atoms with Crippen LogP contribution in [0.1, 0.15) is 22.3 Å². The van der Waals surface area contributed by atoms with Gasteiger partial charge in [-0.25, -0.2) is 0 Å². The molecular weight excluding hydrogens is 332 g/mol. The average molecular weight is 352 g/mol. The topological polar surface area (TPSA) is 65.7 Å². The highest BCUT2D eigenvalue weighted by Gasteiger charge is 2.13. The fourth-order valence-corrected chi connectivity index (χ4v) is 2.71. The third-order valence-electron chi connectivity index (χ3n) is 4.34. The van der Waals surface area contributed by atoms with E-state index in [0.29, 0.717) is 5.75 Å². The summed E-state index contributed by atoms with van der Waals surface area (Å²) in [7, 11) is 1.35. The molecule has 0 saturated heterocycles. The average Bonchev–Trinajstić information content (AvgIpc) is 2.98. The van der Waals surface area contributed by atoms with Crippen LogP contribution in [0.5, 0.6) is 5.75 Å². The SMILES string of the molecule is COC(=O)Cc1ccc(OC(=O)Cc2coc3cc(C)c(C)cc23)cc1. The molecule has 0 bridgehead atoms. The molecular formula is C21H20O5. The molecule has 26 heavy (non-hydrogen) atoms. The Morgan fingerprint density at radius 1 is 0.962 bits per heavy atom. The quantitative estimate of drug-likeness (QED) is 0.514. The van der Waals surface area contributed by atoms with Crippen molar-refractivity contribution in [2.24, 2.45) is 0 Å². The van der Waals surface area contributed by atoms with E-state index in [0.717, 1.165) is 33.2 Å². The second-order valence-corrected chi connectivity index (χ2v) is 6.24. The summed E-state index contributed by atoms with van der Waals surface area (Å²) in [5.74, 6) is -0.248. The smallest absolute Gasteiger partial charge is 0.315 e. The van der Waals surface area contributed by atoms with Gasteiger partial charge in [0.05, 0.1) is 26.2 Å². The van der Waals surface area contributed by atoms with Crippen molar-refractivity contribution in [2.75, 3.05) is 7.11 Å². The van der Waals surface area contributed by atoms with E-state index < -0.39 is 0 Å². The standard InChI is InChI=1S/C21H20O5/c1-13-8-18-16(12-25-19(18)9-14(13)2)11-21(23)26-17-6-4-15(5-7-17)10-20(22)24-3/h4-9,12H,10-11H2,1-3H3. The van der Waals surface area contributed by atoms with E-state index in [4.69, 9.17) is 9.15 Å². The van der Waals surface area contributed by atoms with Crippen molar-refractivity contribution >= 4 is 22.9 Å². The van der Waals surface area contributed by atoms with Gasteiger partial charge in [-0.3, -0.25) is 9.59 Å². The molecule has 0 aliphatic rings. The Hall–Kier alpha value is -3.08. The summed E-state index contributed by atoms with van der Waals surface area (Å²) in [5.41, 5.74) is 4.66. The van der Waals surface area contributed by atoms with Crippen LogP contribution in [0.15, 0.2) is 47.1 Å². The molecule has 0 atom stereocenters. The van der Waals surface area contributed by atoms with Crippen molar-refractivity contribution in [3.8, 4) is 5.75 Å². The van der Waals surface area contributed by atoms with Crippen molar-refractivity contribution < 1.29 is 23.5 Å². The summed E-state index contributed by atoms with van der Waals surface area (Å²) in [6, 6.07) is 10.8. The molecule has 0 unspecified atom stereocenters. The van der Waals surface area contributed by atoms with Gasteiger partial charge in [-0.05, 0) is 54.8 Å². The minimum Gasteiger partial charge on any atom is -0.469 e. The highest BCUT2D eigenvalue weighted by molar-refractivity contribution is 5.87. The minimum absolute atomic E-state index is 0.124. The maximum absolute atomic E-state index is 12.2.